The van der Waals surface area contributed by atoms with Gasteiger partial charge in [0.1, 0.15) is 0 Å². The first-order valence-electron chi connectivity index (χ1n) is 5.55. The molecule has 1 aromatic rings. The molecule has 2 unspecified atom stereocenters. The van der Waals surface area contributed by atoms with Gasteiger partial charge in [0.05, 0.1) is 5.60 Å². The summed E-state index contributed by atoms with van der Waals surface area (Å²) in [5.74, 6) is 0. The van der Waals surface area contributed by atoms with E-state index in [1.807, 2.05) is 18.3 Å². The zero-order valence-corrected chi connectivity index (χ0v) is 9.41. The summed E-state index contributed by atoms with van der Waals surface area (Å²) in [6, 6.07) is 3.92. The van der Waals surface area contributed by atoms with Gasteiger partial charge in [0.15, 0.2) is 0 Å². The third-order valence-electron chi connectivity index (χ3n) is 3.53. The van der Waals surface area contributed by atoms with E-state index in [1.165, 1.54) is 12.8 Å². The highest BCUT2D eigenvalue weighted by atomic mass is 32.2. The Balaban J connectivity index is 1.91. The second-order valence-electron chi connectivity index (χ2n) is 4.64. The van der Waals surface area contributed by atoms with E-state index in [0.29, 0.717) is 10.5 Å². The number of nitrogens with zero attached hydrogens (tertiary/aromatic N) is 1. The summed E-state index contributed by atoms with van der Waals surface area (Å²) < 4.78 is 0. The van der Waals surface area contributed by atoms with Crippen LogP contribution >= 0.6 is 11.8 Å². The van der Waals surface area contributed by atoms with Gasteiger partial charge >= 0.3 is 0 Å². The summed E-state index contributed by atoms with van der Waals surface area (Å²) >= 11 is 2.07. The first kappa shape index (κ1) is 9.67. The highest BCUT2D eigenvalue weighted by Crippen LogP contribution is 2.50. The Labute approximate surface area is 94.1 Å². The van der Waals surface area contributed by atoms with E-state index < -0.39 is 5.60 Å². The Morgan fingerprint density at radius 1 is 1.33 bits per heavy atom. The molecule has 3 heterocycles. The van der Waals surface area contributed by atoms with Crippen molar-refractivity contribution in [3.05, 3.63) is 30.1 Å². The number of hydrogen-bond acceptors (Lipinski definition) is 3. The zero-order valence-electron chi connectivity index (χ0n) is 8.60. The first-order valence-corrected chi connectivity index (χ1v) is 6.49. The van der Waals surface area contributed by atoms with Crippen LogP contribution in [0.15, 0.2) is 24.5 Å². The van der Waals surface area contributed by atoms with Crippen LogP contribution in [0.4, 0.5) is 0 Å². The smallest absolute Gasteiger partial charge is 0.0932 e. The van der Waals surface area contributed by atoms with Gasteiger partial charge in [0.2, 0.25) is 0 Å². The average molecular weight is 221 g/mol. The average Bonchev–Trinajstić information content (AvgIpc) is 2.60. The lowest BCUT2D eigenvalue weighted by Gasteiger charge is -2.36. The molecule has 0 spiro atoms. The van der Waals surface area contributed by atoms with Crippen molar-refractivity contribution >= 4 is 11.8 Å². The van der Waals surface area contributed by atoms with Crippen LogP contribution in [-0.4, -0.2) is 20.6 Å². The normalized spacial score (nSPS) is 39.3. The second-order valence-corrected chi connectivity index (χ2v) is 6.24. The van der Waals surface area contributed by atoms with E-state index in [1.54, 1.807) is 6.20 Å². The maximum atomic E-state index is 10.7. The molecule has 0 radical (unpaired) electrons. The van der Waals surface area contributed by atoms with Crippen LogP contribution in [0.1, 0.15) is 31.2 Å². The molecule has 2 atom stereocenters. The van der Waals surface area contributed by atoms with Gasteiger partial charge in [0.25, 0.3) is 0 Å². The van der Waals surface area contributed by atoms with Gasteiger partial charge in [-0.05, 0) is 31.7 Å². The molecule has 3 rings (SSSR count). The number of aromatic nitrogens is 1. The summed E-state index contributed by atoms with van der Waals surface area (Å²) in [6.07, 6.45) is 7.93. The highest BCUT2D eigenvalue weighted by Gasteiger charge is 2.44. The van der Waals surface area contributed by atoms with Gasteiger partial charge in [-0.1, -0.05) is 6.07 Å². The van der Waals surface area contributed by atoms with Crippen molar-refractivity contribution < 1.29 is 5.11 Å². The summed E-state index contributed by atoms with van der Waals surface area (Å²) in [6.45, 7) is 0. The third kappa shape index (κ3) is 1.68. The first-order chi connectivity index (χ1) is 7.26. The molecule has 2 bridgehead atoms. The van der Waals surface area contributed by atoms with Crippen LogP contribution in [0.2, 0.25) is 0 Å². The number of hydrogen-bond donors (Lipinski definition) is 1. The summed E-state index contributed by atoms with van der Waals surface area (Å²) in [4.78, 5) is 4.11. The molecule has 0 aromatic carbocycles. The Kier molecular flexibility index (Phi) is 2.25. The van der Waals surface area contributed by atoms with Crippen molar-refractivity contribution in [1.82, 2.24) is 4.98 Å². The van der Waals surface area contributed by atoms with Gasteiger partial charge in [-0.25, -0.2) is 0 Å². The largest absolute Gasteiger partial charge is 0.385 e. The SMILES string of the molecule is OC1(c2cccnc2)CC2CCC(C1)S2. The molecule has 15 heavy (non-hydrogen) atoms. The number of pyridine rings is 1. The van der Waals surface area contributed by atoms with Crippen LogP contribution < -0.4 is 0 Å². The van der Waals surface area contributed by atoms with Gasteiger partial charge < -0.3 is 5.11 Å². The molecule has 2 fully saturated rings. The summed E-state index contributed by atoms with van der Waals surface area (Å²) in [7, 11) is 0. The van der Waals surface area contributed by atoms with E-state index in [-0.39, 0.29) is 0 Å². The number of fused-ring (bicyclic) bond motifs is 2. The van der Waals surface area contributed by atoms with E-state index in [9.17, 15) is 5.11 Å². The predicted octanol–water partition coefficient (Wildman–Crippen LogP) is 2.33. The quantitative estimate of drug-likeness (QED) is 0.790. The molecular weight excluding hydrogens is 206 g/mol. The minimum absolute atomic E-state index is 0.606. The fraction of sp³-hybridized carbons (Fsp3) is 0.583. The molecule has 0 amide bonds. The summed E-state index contributed by atoms with van der Waals surface area (Å²) in [5.41, 5.74) is 0.396. The van der Waals surface area contributed by atoms with Gasteiger partial charge in [-0.3, -0.25) is 4.98 Å². The Bertz CT molecular complexity index is 342. The molecule has 2 aliphatic rings. The van der Waals surface area contributed by atoms with Crippen LogP contribution in [0.25, 0.3) is 0 Å². The molecule has 1 aromatic heterocycles. The lowest BCUT2D eigenvalue weighted by molar-refractivity contribution is 0.0193. The van der Waals surface area contributed by atoms with Gasteiger partial charge in [-0.2, -0.15) is 11.8 Å². The number of rotatable bonds is 1. The lowest BCUT2D eigenvalue weighted by atomic mass is 9.87. The zero-order chi connectivity index (χ0) is 10.3. The minimum Gasteiger partial charge on any atom is -0.385 e. The molecule has 0 aliphatic carbocycles. The molecule has 2 saturated heterocycles. The molecule has 1 N–H and O–H groups in total. The third-order valence-corrected chi connectivity index (χ3v) is 5.10. The molecule has 0 saturated carbocycles. The number of thioether (sulfide) groups is 1. The van der Waals surface area contributed by atoms with E-state index in [2.05, 4.69) is 16.7 Å². The van der Waals surface area contributed by atoms with E-state index >= 15 is 0 Å². The second kappa shape index (κ2) is 3.49. The van der Waals surface area contributed by atoms with E-state index in [4.69, 9.17) is 0 Å². The van der Waals surface area contributed by atoms with Gasteiger partial charge in [0, 0.05) is 28.5 Å². The van der Waals surface area contributed by atoms with Crippen molar-refractivity contribution in [3.63, 3.8) is 0 Å². The topological polar surface area (TPSA) is 33.1 Å². The number of aliphatic hydroxyl groups is 1. The highest BCUT2D eigenvalue weighted by molar-refractivity contribution is 8.00. The fourth-order valence-electron chi connectivity index (χ4n) is 2.79. The van der Waals surface area contributed by atoms with Crippen molar-refractivity contribution in [3.8, 4) is 0 Å². The monoisotopic (exact) mass is 221 g/mol. The van der Waals surface area contributed by atoms with Crippen molar-refractivity contribution in [2.24, 2.45) is 0 Å². The lowest BCUT2D eigenvalue weighted by Crippen LogP contribution is -2.34. The van der Waals surface area contributed by atoms with Gasteiger partial charge in [-0.15, -0.1) is 0 Å². The minimum atomic E-state index is -0.606. The van der Waals surface area contributed by atoms with Crippen molar-refractivity contribution in [2.45, 2.75) is 41.8 Å². The van der Waals surface area contributed by atoms with Crippen LogP contribution in [0, 0.1) is 0 Å². The maximum absolute atomic E-state index is 10.7. The van der Waals surface area contributed by atoms with Crippen LogP contribution in [0.5, 0.6) is 0 Å². The Morgan fingerprint density at radius 2 is 2.07 bits per heavy atom. The standard InChI is InChI=1S/C12H15NOS/c14-12(9-2-1-5-13-8-9)6-10-3-4-11(7-12)15-10/h1-2,5,8,10-11,14H,3-4,6-7H2. The molecule has 80 valence electrons. The molecule has 2 nitrogen and oxygen atoms in total. The Morgan fingerprint density at radius 3 is 2.67 bits per heavy atom. The van der Waals surface area contributed by atoms with E-state index in [0.717, 1.165) is 18.4 Å². The molecular formula is C12H15NOS. The fourth-order valence-corrected chi connectivity index (χ4v) is 4.62. The Hall–Kier alpha value is -0.540. The van der Waals surface area contributed by atoms with Crippen molar-refractivity contribution in [2.75, 3.05) is 0 Å². The predicted molar refractivity (Wildman–Crippen MR) is 61.8 cm³/mol. The van der Waals surface area contributed by atoms with Crippen LogP contribution in [-0.2, 0) is 5.60 Å². The molecule has 3 heteroatoms. The van der Waals surface area contributed by atoms with Crippen molar-refractivity contribution in [1.29, 1.82) is 0 Å². The maximum Gasteiger partial charge on any atom is 0.0932 e. The van der Waals surface area contributed by atoms with Crippen LogP contribution in [0.3, 0.4) is 0 Å². The molecule has 2 aliphatic heterocycles. The summed E-state index contributed by atoms with van der Waals surface area (Å²) in [5, 5.41) is 12.0.